The third kappa shape index (κ3) is 3.19. The van der Waals surface area contributed by atoms with Gasteiger partial charge in [0.15, 0.2) is 0 Å². The molecule has 1 aliphatic carbocycles. The third-order valence-corrected chi connectivity index (χ3v) is 4.96. The summed E-state index contributed by atoms with van der Waals surface area (Å²) in [5.41, 5.74) is 6.52. The normalized spacial score (nSPS) is 20.2. The molecule has 0 spiro atoms. The van der Waals surface area contributed by atoms with Gasteiger partial charge in [0, 0.05) is 0 Å². The number of hydrogen-bond donors (Lipinski definition) is 0. The molecule has 0 saturated heterocycles. The highest BCUT2D eigenvalue weighted by atomic mass is 14.5. The van der Waals surface area contributed by atoms with Crippen LogP contribution in [-0.2, 0) is 5.41 Å². The van der Waals surface area contributed by atoms with Crippen LogP contribution in [0, 0.1) is 0 Å². The molecule has 0 bridgehead atoms. The number of hydrogen-bond acceptors (Lipinski definition) is 0. The van der Waals surface area contributed by atoms with Gasteiger partial charge in [0.2, 0.25) is 0 Å². The maximum absolute atomic E-state index is 4.12. The van der Waals surface area contributed by atoms with E-state index in [2.05, 4.69) is 81.8 Å². The fourth-order valence-corrected chi connectivity index (χ4v) is 4.01. The highest BCUT2D eigenvalue weighted by Crippen LogP contribution is 2.56. The molecule has 0 nitrogen and oxygen atoms in total. The van der Waals surface area contributed by atoms with Gasteiger partial charge in [0.1, 0.15) is 0 Å². The Morgan fingerprint density at radius 2 is 1.70 bits per heavy atom. The van der Waals surface area contributed by atoms with E-state index in [1.54, 1.807) is 6.08 Å². The maximum Gasteiger partial charge on any atom is 0.0710 e. The fraction of sp³-hybridized carbons (Fsp3) is 0.111. The van der Waals surface area contributed by atoms with Gasteiger partial charge in [0.25, 0.3) is 0 Å². The van der Waals surface area contributed by atoms with Gasteiger partial charge in [-0.25, -0.2) is 0 Å². The first kappa shape index (κ1) is 20.2. The van der Waals surface area contributed by atoms with Gasteiger partial charge in [-0.3, -0.25) is 0 Å². The van der Waals surface area contributed by atoms with Gasteiger partial charge in [0.05, 0.1) is 5.41 Å². The van der Waals surface area contributed by atoms with Crippen LogP contribution in [0.25, 0.3) is 5.57 Å². The van der Waals surface area contributed by atoms with Crippen molar-refractivity contribution in [2.24, 2.45) is 0 Å². The Morgan fingerprint density at radius 1 is 0.963 bits per heavy atom. The molecule has 0 radical (unpaired) electrons. The lowest BCUT2D eigenvalue weighted by atomic mass is 9.65. The van der Waals surface area contributed by atoms with Crippen LogP contribution in [0.15, 0.2) is 128 Å². The Morgan fingerprint density at radius 3 is 2.26 bits per heavy atom. The molecule has 0 amide bonds. The van der Waals surface area contributed by atoms with Crippen LogP contribution in [-0.4, -0.2) is 0 Å². The molecule has 0 aliphatic heterocycles. The van der Waals surface area contributed by atoms with Gasteiger partial charge >= 0.3 is 0 Å². The summed E-state index contributed by atoms with van der Waals surface area (Å²) >= 11 is 0. The number of rotatable bonds is 8. The quantitative estimate of drug-likeness (QED) is 0.426. The van der Waals surface area contributed by atoms with Crippen molar-refractivity contribution in [2.75, 3.05) is 0 Å². The second-order valence-electron chi connectivity index (χ2n) is 6.23. The van der Waals surface area contributed by atoms with Crippen LogP contribution < -0.4 is 0 Å². The van der Waals surface area contributed by atoms with Crippen LogP contribution in [0.4, 0.5) is 0 Å². The minimum absolute atomic E-state index is 0.475. The number of allylic oxidation sites excluding steroid dienone is 14. The van der Waals surface area contributed by atoms with Crippen LogP contribution in [0.1, 0.15) is 25.0 Å². The van der Waals surface area contributed by atoms with E-state index in [4.69, 9.17) is 0 Å². The van der Waals surface area contributed by atoms with Gasteiger partial charge in [-0.1, -0.05) is 111 Å². The van der Waals surface area contributed by atoms with Gasteiger partial charge in [-0.15, -0.1) is 0 Å². The topological polar surface area (TPSA) is 0 Å². The minimum atomic E-state index is -0.475. The molecule has 1 atom stereocenters. The second kappa shape index (κ2) is 9.00. The van der Waals surface area contributed by atoms with Crippen molar-refractivity contribution >= 4 is 5.57 Å². The van der Waals surface area contributed by atoms with E-state index in [0.29, 0.717) is 0 Å². The van der Waals surface area contributed by atoms with Crippen LogP contribution in [0.3, 0.4) is 0 Å². The lowest BCUT2D eigenvalue weighted by Crippen LogP contribution is -2.30. The Hall–Kier alpha value is -3.12. The highest BCUT2D eigenvalue weighted by Gasteiger charge is 2.46. The molecule has 1 aromatic carbocycles. The van der Waals surface area contributed by atoms with Crippen molar-refractivity contribution < 1.29 is 0 Å². The van der Waals surface area contributed by atoms with Gasteiger partial charge in [-0.05, 0) is 47.3 Å². The Kier molecular flexibility index (Phi) is 6.73. The zero-order valence-electron chi connectivity index (χ0n) is 16.4. The van der Waals surface area contributed by atoms with Crippen molar-refractivity contribution in [3.05, 3.63) is 139 Å². The summed E-state index contributed by atoms with van der Waals surface area (Å²) in [6.45, 7) is 20.1. The van der Waals surface area contributed by atoms with E-state index in [1.165, 1.54) is 16.7 Å². The van der Waals surface area contributed by atoms with E-state index >= 15 is 0 Å². The lowest BCUT2D eigenvalue weighted by Gasteiger charge is -2.36. The molecule has 136 valence electrons. The molecule has 0 fully saturated rings. The lowest BCUT2D eigenvalue weighted by molar-refractivity contribution is 0.757. The Labute approximate surface area is 164 Å². The van der Waals surface area contributed by atoms with E-state index < -0.39 is 5.41 Å². The molecule has 27 heavy (non-hydrogen) atoms. The van der Waals surface area contributed by atoms with Crippen molar-refractivity contribution in [2.45, 2.75) is 19.3 Å². The molecule has 0 saturated carbocycles. The monoisotopic (exact) mass is 352 g/mol. The highest BCUT2D eigenvalue weighted by molar-refractivity contribution is 5.92. The van der Waals surface area contributed by atoms with Crippen LogP contribution in [0.5, 0.6) is 0 Å². The smallest absolute Gasteiger partial charge is 0.0710 e. The van der Waals surface area contributed by atoms with Gasteiger partial charge in [-0.2, -0.15) is 0 Å². The maximum atomic E-state index is 4.12. The zero-order chi connectivity index (χ0) is 19.9. The average molecular weight is 353 g/mol. The van der Waals surface area contributed by atoms with E-state index in [0.717, 1.165) is 16.7 Å². The SMILES string of the molecule is C=C/C=C\C(=C/C)C1(/C(C=C)=C/C=C)C(/C=C\C)=C(C=C)c2ccccc21. The van der Waals surface area contributed by atoms with Crippen molar-refractivity contribution in [3.8, 4) is 0 Å². The summed E-state index contributed by atoms with van der Waals surface area (Å²) in [6.07, 6.45) is 20.1. The fourth-order valence-electron chi connectivity index (χ4n) is 4.01. The molecular formula is C27H28. The number of benzene rings is 1. The molecule has 1 aliphatic rings. The largest absolute Gasteiger partial charge is 0.0991 e. The molecule has 1 aromatic rings. The number of fused-ring (bicyclic) bond motifs is 1. The molecule has 1 unspecified atom stereocenters. The standard InChI is InChI=1S/C27H28/c1-7-13-18-22(11-5)27(21(10-4)16-8-2)25(17-9-3)23(12-6)24-19-14-15-20-26(24)27/h7-20H,1-2,4,6H2,3,5H3/b17-9-,18-13-,21-16+,22-11+. The molecule has 2 rings (SSSR count). The molecule has 0 heteroatoms. The molecule has 0 N–H and O–H groups in total. The predicted octanol–water partition coefficient (Wildman–Crippen LogP) is 7.44. The molecular weight excluding hydrogens is 324 g/mol. The van der Waals surface area contributed by atoms with Gasteiger partial charge < -0.3 is 0 Å². The van der Waals surface area contributed by atoms with E-state index in [-0.39, 0.29) is 0 Å². The summed E-state index contributed by atoms with van der Waals surface area (Å²) in [5.74, 6) is 0. The average Bonchev–Trinajstić information content (AvgIpc) is 2.97. The first-order valence-electron chi connectivity index (χ1n) is 9.18. The van der Waals surface area contributed by atoms with Crippen LogP contribution in [0.2, 0.25) is 0 Å². The van der Waals surface area contributed by atoms with E-state index in [9.17, 15) is 0 Å². The summed E-state index contributed by atoms with van der Waals surface area (Å²) in [5, 5.41) is 0. The third-order valence-electron chi connectivity index (χ3n) is 4.96. The van der Waals surface area contributed by atoms with Crippen molar-refractivity contribution in [1.82, 2.24) is 0 Å². The first-order valence-corrected chi connectivity index (χ1v) is 9.18. The van der Waals surface area contributed by atoms with Crippen LogP contribution >= 0.6 is 0 Å². The molecule has 0 heterocycles. The summed E-state index contributed by atoms with van der Waals surface area (Å²) in [4.78, 5) is 0. The summed E-state index contributed by atoms with van der Waals surface area (Å²) in [7, 11) is 0. The molecule has 0 aromatic heterocycles. The van der Waals surface area contributed by atoms with E-state index in [1.807, 2.05) is 37.3 Å². The van der Waals surface area contributed by atoms with Crippen molar-refractivity contribution in [1.29, 1.82) is 0 Å². The minimum Gasteiger partial charge on any atom is -0.0991 e. The predicted molar refractivity (Wildman–Crippen MR) is 122 cm³/mol. The Balaban J connectivity index is 3.12. The summed E-state index contributed by atoms with van der Waals surface area (Å²) in [6, 6.07) is 8.52. The second-order valence-corrected chi connectivity index (χ2v) is 6.23. The zero-order valence-corrected chi connectivity index (χ0v) is 16.4. The summed E-state index contributed by atoms with van der Waals surface area (Å²) < 4.78 is 0. The first-order chi connectivity index (χ1) is 13.2. The van der Waals surface area contributed by atoms with Crippen molar-refractivity contribution in [3.63, 3.8) is 0 Å². The Bertz CT molecular complexity index is 909.